The van der Waals surface area contributed by atoms with E-state index in [1.165, 1.54) is 25.1 Å². The lowest BCUT2D eigenvalue weighted by Crippen LogP contribution is -2.41. The lowest BCUT2D eigenvalue weighted by Gasteiger charge is -2.18. The molecule has 1 atom stereocenters. The van der Waals surface area contributed by atoms with Crippen molar-refractivity contribution in [3.63, 3.8) is 0 Å². The van der Waals surface area contributed by atoms with Crippen LogP contribution in [-0.2, 0) is 9.53 Å². The number of carbonyl (C=O) groups is 3. The highest BCUT2D eigenvalue weighted by molar-refractivity contribution is 6.31. The number of rotatable bonds is 3. The SMILES string of the molecule is C[C@@H](OC(=O)c1ccc(Cl)cc1N)C(=O)N1CCNC1=O. The molecule has 112 valence electrons. The van der Waals surface area contributed by atoms with Crippen molar-refractivity contribution in [3.8, 4) is 0 Å². The number of carbonyl (C=O) groups excluding carboxylic acids is 3. The van der Waals surface area contributed by atoms with Gasteiger partial charge in [0.1, 0.15) is 0 Å². The van der Waals surface area contributed by atoms with Crippen LogP contribution < -0.4 is 11.1 Å². The second-order valence-corrected chi connectivity index (χ2v) is 4.94. The fraction of sp³-hybridized carbons (Fsp3) is 0.308. The molecule has 8 heteroatoms. The number of nitrogens with two attached hydrogens (primary N) is 1. The van der Waals surface area contributed by atoms with Gasteiger partial charge in [-0.25, -0.2) is 9.59 Å². The Bertz CT molecular complexity index is 605. The first kappa shape index (κ1) is 15.1. The van der Waals surface area contributed by atoms with E-state index in [1.54, 1.807) is 0 Å². The minimum atomic E-state index is -1.09. The summed E-state index contributed by atoms with van der Waals surface area (Å²) in [4.78, 5) is 36.4. The molecule has 0 spiro atoms. The number of urea groups is 1. The van der Waals surface area contributed by atoms with Gasteiger partial charge in [0.05, 0.1) is 5.56 Å². The van der Waals surface area contributed by atoms with Crippen LogP contribution in [0.1, 0.15) is 17.3 Å². The standard InChI is InChI=1S/C13H14ClN3O4/c1-7(11(18)17-5-4-16-13(17)20)21-12(19)9-3-2-8(14)6-10(9)15/h2-3,6-7H,4-5,15H2,1H3,(H,16,20)/t7-/m1/s1. The fourth-order valence-corrected chi connectivity index (χ4v) is 2.08. The maximum Gasteiger partial charge on any atom is 0.341 e. The first-order chi connectivity index (χ1) is 9.90. The van der Waals surface area contributed by atoms with E-state index in [1.807, 2.05) is 0 Å². The van der Waals surface area contributed by atoms with Gasteiger partial charge < -0.3 is 15.8 Å². The number of nitrogens with zero attached hydrogens (tertiary/aromatic N) is 1. The number of amides is 3. The number of hydrogen-bond acceptors (Lipinski definition) is 5. The normalized spacial score (nSPS) is 15.5. The summed E-state index contributed by atoms with van der Waals surface area (Å²) in [5.41, 5.74) is 5.95. The molecule has 1 fully saturated rings. The number of hydrogen-bond donors (Lipinski definition) is 2. The van der Waals surface area contributed by atoms with E-state index in [0.29, 0.717) is 11.6 Å². The van der Waals surface area contributed by atoms with E-state index < -0.39 is 24.0 Å². The third-order valence-electron chi connectivity index (χ3n) is 2.99. The highest BCUT2D eigenvalue weighted by atomic mass is 35.5. The summed E-state index contributed by atoms with van der Waals surface area (Å²) >= 11 is 5.74. The van der Waals surface area contributed by atoms with Crippen LogP contribution in [0.5, 0.6) is 0 Å². The molecule has 0 aromatic heterocycles. The Balaban J connectivity index is 2.05. The van der Waals surface area contributed by atoms with Gasteiger partial charge in [0.2, 0.25) is 0 Å². The molecule has 0 unspecified atom stereocenters. The summed E-state index contributed by atoms with van der Waals surface area (Å²) in [5, 5.41) is 2.89. The van der Waals surface area contributed by atoms with Gasteiger partial charge in [-0.05, 0) is 25.1 Å². The van der Waals surface area contributed by atoms with Gasteiger partial charge in [-0.3, -0.25) is 9.69 Å². The Morgan fingerprint density at radius 1 is 1.48 bits per heavy atom. The first-order valence-electron chi connectivity index (χ1n) is 6.25. The number of nitrogen functional groups attached to an aromatic ring is 1. The minimum Gasteiger partial charge on any atom is -0.449 e. The molecule has 21 heavy (non-hydrogen) atoms. The molecule has 0 aliphatic carbocycles. The highest BCUT2D eigenvalue weighted by Crippen LogP contribution is 2.19. The van der Waals surface area contributed by atoms with E-state index in [4.69, 9.17) is 22.1 Å². The molecule has 1 aromatic carbocycles. The molecule has 3 amide bonds. The van der Waals surface area contributed by atoms with Gasteiger partial charge in [0.25, 0.3) is 5.91 Å². The number of halogens is 1. The van der Waals surface area contributed by atoms with Gasteiger partial charge >= 0.3 is 12.0 Å². The predicted molar refractivity (Wildman–Crippen MR) is 75.9 cm³/mol. The number of anilines is 1. The summed E-state index contributed by atoms with van der Waals surface area (Å²) < 4.78 is 5.05. The zero-order valence-electron chi connectivity index (χ0n) is 11.3. The average molecular weight is 312 g/mol. The van der Waals surface area contributed by atoms with Gasteiger partial charge in [-0.2, -0.15) is 0 Å². The lowest BCUT2D eigenvalue weighted by molar-refractivity contribution is -0.136. The molecule has 1 saturated heterocycles. The molecular weight excluding hydrogens is 298 g/mol. The monoisotopic (exact) mass is 311 g/mol. The van der Waals surface area contributed by atoms with Crippen molar-refractivity contribution < 1.29 is 19.1 Å². The summed E-state index contributed by atoms with van der Waals surface area (Å²) in [6.07, 6.45) is -1.09. The highest BCUT2D eigenvalue weighted by Gasteiger charge is 2.31. The Morgan fingerprint density at radius 3 is 2.76 bits per heavy atom. The topological polar surface area (TPSA) is 102 Å². The van der Waals surface area contributed by atoms with E-state index >= 15 is 0 Å². The summed E-state index contributed by atoms with van der Waals surface area (Å²) in [7, 11) is 0. The van der Waals surface area contributed by atoms with Crippen LogP contribution in [0, 0.1) is 0 Å². The average Bonchev–Trinajstić information content (AvgIpc) is 2.83. The van der Waals surface area contributed by atoms with Crippen molar-refractivity contribution in [1.82, 2.24) is 10.2 Å². The minimum absolute atomic E-state index is 0.116. The molecule has 0 saturated carbocycles. The van der Waals surface area contributed by atoms with Crippen molar-refractivity contribution in [2.24, 2.45) is 0 Å². The lowest BCUT2D eigenvalue weighted by atomic mass is 10.2. The zero-order chi connectivity index (χ0) is 15.6. The van der Waals surface area contributed by atoms with Crippen molar-refractivity contribution in [1.29, 1.82) is 0 Å². The number of imide groups is 1. The number of benzene rings is 1. The second kappa shape index (κ2) is 6.01. The molecular formula is C13H14ClN3O4. The van der Waals surface area contributed by atoms with Gasteiger partial charge in [0.15, 0.2) is 6.10 Å². The summed E-state index contributed by atoms with van der Waals surface area (Å²) in [6.45, 7) is 2.04. The Kier molecular flexibility index (Phi) is 4.32. The van der Waals surface area contributed by atoms with Crippen LogP contribution in [0.2, 0.25) is 5.02 Å². The van der Waals surface area contributed by atoms with Crippen LogP contribution in [0.15, 0.2) is 18.2 Å². The Labute approximate surface area is 126 Å². The van der Waals surface area contributed by atoms with Gasteiger partial charge in [-0.1, -0.05) is 11.6 Å². The predicted octanol–water partition coefficient (Wildman–Crippen LogP) is 1.02. The van der Waals surface area contributed by atoms with Crippen LogP contribution in [0.3, 0.4) is 0 Å². The number of esters is 1. The van der Waals surface area contributed by atoms with Crippen LogP contribution in [0.4, 0.5) is 10.5 Å². The summed E-state index contributed by atoms with van der Waals surface area (Å²) in [6, 6.07) is 3.83. The Morgan fingerprint density at radius 2 is 2.19 bits per heavy atom. The van der Waals surface area contributed by atoms with Crippen molar-refractivity contribution >= 4 is 35.2 Å². The van der Waals surface area contributed by atoms with E-state index in [2.05, 4.69) is 5.32 Å². The van der Waals surface area contributed by atoms with E-state index in [0.717, 1.165) is 4.90 Å². The van der Waals surface area contributed by atoms with Crippen LogP contribution >= 0.6 is 11.6 Å². The van der Waals surface area contributed by atoms with E-state index in [9.17, 15) is 14.4 Å². The molecule has 0 radical (unpaired) electrons. The van der Waals surface area contributed by atoms with Crippen molar-refractivity contribution in [2.45, 2.75) is 13.0 Å². The molecule has 7 nitrogen and oxygen atoms in total. The smallest absolute Gasteiger partial charge is 0.341 e. The first-order valence-corrected chi connectivity index (χ1v) is 6.63. The van der Waals surface area contributed by atoms with Gasteiger partial charge in [-0.15, -0.1) is 0 Å². The van der Waals surface area contributed by atoms with E-state index in [-0.39, 0.29) is 17.8 Å². The third kappa shape index (κ3) is 3.25. The molecule has 1 aliphatic heterocycles. The largest absolute Gasteiger partial charge is 0.449 e. The third-order valence-corrected chi connectivity index (χ3v) is 3.22. The number of nitrogens with one attached hydrogen (secondary N) is 1. The maximum atomic E-state index is 12.0. The molecule has 0 bridgehead atoms. The quantitative estimate of drug-likeness (QED) is 0.641. The summed E-state index contributed by atoms with van der Waals surface area (Å²) in [5.74, 6) is -1.32. The van der Waals surface area contributed by atoms with Gasteiger partial charge in [0, 0.05) is 23.8 Å². The fourth-order valence-electron chi connectivity index (χ4n) is 1.90. The van der Waals surface area contributed by atoms with Crippen LogP contribution in [-0.4, -0.2) is 42.0 Å². The Hall–Kier alpha value is -2.28. The maximum absolute atomic E-state index is 12.0. The van der Waals surface area contributed by atoms with Crippen molar-refractivity contribution in [3.05, 3.63) is 28.8 Å². The zero-order valence-corrected chi connectivity index (χ0v) is 12.0. The second-order valence-electron chi connectivity index (χ2n) is 4.50. The van der Waals surface area contributed by atoms with Crippen LogP contribution in [0.25, 0.3) is 0 Å². The number of ether oxygens (including phenoxy) is 1. The molecule has 1 aromatic rings. The molecule has 2 rings (SSSR count). The van der Waals surface area contributed by atoms with Crippen molar-refractivity contribution in [2.75, 3.05) is 18.8 Å². The molecule has 1 heterocycles. The molecule has 3 N–H and O–H groups in total. The molecule has 1 aliphatic rings.